The fraction of sp³-hybridized carbons (Fsp3) is 0.857. The van der Waals surface area contributed by atoms with Crippen LogP contribution in [0.2, 0.25) is 0 Å². The van der Waals surface area contributed by atoms with Crippen LogP contribution in [0.1, 0.15) is 40.5 Å². The van der Waals surface area contributed by atoms with E-state index in [2.05, 4.69) is 39.6 Å². The lowest BCUT2D eigenvalue weighted by molar-refractivity contribution is -0.0978. The highest BCUT2D eigenvalue weighted by atomic mass is 16.5. The van der Waals surface area contributed by atoms with Crippen LogP contribution in [0.4, 0.5) is 0 Å². The van der Waals surface area contributed by atoms with Gasteiger partial charge in [-0.15, -0.1) is 0 Å². The van der Waals surface area contributed by atoms with E-state index in [1.165, 1.54) is 0 Å². The maximum atomic E-state index is 5.90. The molecule has 0 bridgehead atoms. The van der Waals surface area contributed by atoms with Crippen molar-refractivity contribution in [3.8, 4) is 0 Å². The van der Waals surface area contributed by atoms with E-state index in [1.807, 2.05) is 0 Å². The Balaban J connectivity index is 2.18. The number of ether oxygens (including phenoxy) is 2. The maximum absolute atomic E-state index is 5.90. The molecule has 1 rings (SSSR count). The van der Waals surface area contributed by atoms with Crippen LogP contribution in [0.15, 0.2) is 12.2 Å². The van der Waals surface area contributed by atoms with E-state index in [0.717, 1.165) is 25.0 Å². The Morgan fingerprint density at radius 2 is 1.94 bits per heavy atom. The maximum Gasteiger partial charge on any atom is 0.0690 e. The predicted molar refractivity (Wildman–Crippen MR) is 71.3 cm³/mol. The summed E-state index contributed by atoms with van der Waals surface area (Å²) < 4.78 is 11.6. The van der Waals surface area contributed by atoms with Crippen LogP contribution in [0, 0.1) is 0 Å². The average Bonchev–Trinajstić information content (AvgIpc) is 2.22. The first-order valence-corrected chi connectivity index (χ1v) is 6.64. The largest absolute Gasteiger partial charge is 0.375 e. The standard InChI is InChI=1S/C14H27NO2/c1-10(2)15-8-11(3)9-16-14-6-12(4)17-13(5)7-14/h10,12-15H,3,6-9H2,1-2,4-5H3. The summed E-state index contributed by atoms with van der Waals surface area (Å²) in [6, 6.07) is 0.495. The molecule has 0 spiro atoms. The summed E-state index contributed by atoms with van der Waals surface area (Å²) >= 11 is 0. The van der Waals surface area contributed by atoms with Crippen molar-refractivity contribution in [2.45, 2.75) is 64.9 Å². The van der Waals surface area contributed by atoms with Gasteiger partial charge in [-0.05, 0) is 32.3 Å². The number of nitrogens with one attached hydrogen (secondary N) is 1. The van der Waals surface area contributed by atoms with Crippen LogP contribution in [0.25, 0.3) is 0 Å². The summed E-state index contributed by atoms with van der Waals surface area (Å²) in [5.74, 6) is 0. The summed E-state index contributed by atoms with van der Waals surface area (Å²) in [7, 11) is 0. The molecule has 0 saturated carbocycles. The van der Waals surface area contributed by atoms with Gasteiger partial charge in [0.2, 0.25) is 0 Å². The molecule has 3 nitrogen and oxygen atoms in total. The Labute approximate surface area is 106 Å². The lowest BCUT2D eigenvalue weighted by Crippen LogP contribution is -2.35. The normalized spacial score (nSPS) is 29.6. The minimum Gasteiger partial charge on any atom is -0.375 e. The molecule has 0 aromatic carbocycles. The van der Waals surface area contributed by atoms with E-state index < -0.39 is 0 Å². The molecule has 1 fully saturated rings. The molecule has 1 aliphatic rings. The van der Waals surface area contributed by atoms with Gasteiger partial charge in [-0.3, -0.25) is 0 Å². The topological polar surface area (TPSA) is 30.5 Å². The fourth-order valence-corrected chi connectivity index (χ4v) is 2.12. The Morgan fingerprint density at radius 3 is 2.47 bits per heavy atom. The summed E-state index contributed by atoms with van der Waals surface area (Å²) in [6.07, 6.45) is 2.94. The van der Waals surface area contributed by atoms with E-state index in [0.29, 0.717) is 31.0 Å². The fourth-order valence-electron chi connectivity index (χ4n) is 2.12. The van der Waals surface area contributed by atoms with Crippen LogP contribution >= 0.6 is 0 Å². The molecule has 0 aliphatic carbocycles. The zero-order chi connectivity index (χ0) is 12.8. The molecule has 0 radical (unpaired) electrons. The average molecular weight is 241 g/mol. The Bertz CT molecular complexity index is 230. The Hall–Kier alpha value is -0.380. The van der Waals surface area contributed by atoms with Crippen molar-refractivity contribution in [3.63, 3.8) is 0 Å². The van der Waals surface area contributed by atoms with E-state index in [-0.39, 0.29) is 0 Å². The van der Waals surface area contributed by atoms with Gasteiger partial charge in [0, 0.05) is 12.6 Å². The van der Waals surface area contributed by atoms with Gasteiger partial charge >= 0.3 is 0 Å². The van der Waals surface area contributed by atoms with Gasteiger partial charge in [0.25, 0.3) is 0 Å². The molecule has 0 aromatic rings. The molecule has 2 atom stereocenters. The van der Waals surface area contributed by atoms with E-state index >= 15 is 0 Å². The van der Waals surface area contributed by atoms with Crippen molar-refractivity contribution < 1.29 is 9.47 Å². The summed E-state index contributed by atoms with van der Waals surface area (Å²) in [5.41, 5.74) is 1.12. The molecule has 0 amide bonds. The number of rotatable bonds is 6. The van der Waals surface area contributed by atoms with Gasteiger partial charge in [-0.25, -0.2) is 0 Å². The van der Waals surface area contributed by atoms with Crippen molar-refractivity contribution in [3.05, 3.63) is 12.2 Å². The van der Waals surface area contributed by atoms with Crippen molar-refractivity contribution in [1.82, 2.24) is 5.32 Å². The van der Waals surface area contributed by atoms with E-state index in [9.17, 15) is 0 Å². The van der Waals surface area contributed by atoms with Crippen molar-refractivity contribution in [2.24, 2.45) is 0 Å². The Morgan fingerprint density at radius 1 is 1.35 bits per heavy atom. The molecule has 0 aromatic heterocycles. The molecule has 100 valence electrons. The number of hydrogen-bond donors (Lipinski definition) is 1. The Kier molecular flexibility index (Phi) is 6.17. The minimum absolute atomic E-state index is 0.311. The lowest BCUT2D eigenvalue weighted by atomic mass is 10.0. The highest BCUT2D eigenvalue weighted by molar-refractivity contribution is 4.97. The molecule has 1 aliphatic heterocycles. The second-order valence-electron chi connectivity index (χ2n) is 5.45. The van der Waals surface area contributed by atoms with Gasteiger partial charge in [-0.1, -0.05) is 20.4 Å². The molecule has 3 heteroatoms. The molecule has 1 N–H and O–H groups in total. The highest BCUT2D eigenvalue weighted by Gasteiger charge is 2.24. The smallest absolute Gasteiger partial charge is 0.0690 e. The molecular weight excluding hydrogens is 214 g/mol. The van der Waals surface area contributed by atoms with Crippen LogP contribution in [-0.2, 0) is 9.47 Å². The molecule has 2 unspecified atom stereocenters. The van der Waals surface area contributed by atoms with Crippen LogP contribution < -0.4 is 5.32 Å². The molecular formula is C14H27NO2. The molecule has 1 saturated heterocycles. The van der Waals surface area contributed by atoms with Crippen molar-refractivity contribution in [2.75, 3.05) is 13.2 Å². The lowest BCUT2D eigenvalue weighted by Gasteiger charge is -2.32. The molecule has 17 heavy (non-hydrogen) atoms. The monoisotopic (exact) mass is 241 g/mol. The van der Waals surface area contributed by atoms with Crippen LogP contribution in [0.5, 0.6) is 0 Å². The first-order chi connectivity index (χ1) is 7.97. The highest BCUT2D eigenvalue weighted by Crippen LogP contribution is 2.21. The van der Waals surface area contributed by atoms with Gasteiger partial charge in [0.1, 0.15) is 0 Å². The summed E-state index contributed by atoms with van der Waals surface area (Å²) in [6.45, 7) is 14.0. The van der Waals surface area contributed by atoms with Gasteiger partial charge < -0.3 is 14.8 Å². The summed E-state index contributed by atoms with van der Waals surface area (Å²) in [4.78, 5) is 0. The SMILES string of the molecule is C=C(CNC(C)C)COC1CC(C)OC(C)C1. The van der Waals surface area contributed by atoms with Gasteiger partial charge in [0.15, 0.2) is 0 Å². The van der Waals surface area contributed by atoms with E-state index in [4.69, 9.17) is 9.47 Å². The van der Waals surface area contributed by atoms with Gasteiger partial charge in [-0.2, -0.15) is 0 Å². The first-order valence-electron chi connectivity index (χ1n) is 6.64. The minimum atomic E-state index is 0.311. The predicted octanol–water partition coefficient (Wildman–Crippen LogP) is 2.51. The summed E-state index contributed by atoms with van der Waals surface area (Å²) in [5, 5.41) is 3.35. The zero-order valence-electron chi connectivity index (χ0n) is 11.7. The van der Waals surface area contributed by atoms with Crippen molar-refractivity contribution in [1.29, 1.82) is 0 Å². The van der Waals surface area contributed by atoms with Gasteiger partial charge in [0.05, 0.1) is 24.9 Å². The van der Waals surface area contributed by atoms with Crippen LogP contribution in [0.3, 0.4) is 0 Å². The number of hydrogen-bond acceptors (Lipinski definition) is 3. The second kappa shape index (κ2) is 7.14. The quantitative estimate of drug-likeness (QED) is 0.725. The van der Waals surface area contributed by atoms with Crippen LogP contribution in [-0.4, -0.2) is 37.5 Å². The second-order valence-corrected chi connectivity index (χ2v) is 5.45. The third-order valence-corrected chi connectivity index (χ3v) is 2.94. The first kappa shape index (κ1) is 14.7. The van der Waals surface area contributed by atoms with Crippen molar-refractivity contribution >= 4 is 0 Å². The molecule has 1 heterocycles. The third kappa shape index (κ3) is 6.20. The third-order valence-electron chi connectivity index (χ3n) is 2.94. The van der Waals surface area contributed by atoms with E-state index in [1.54, 1.807) is 0 Å². The zero-order valence-corrected chi connectivity index (χ0v) is 11.7.